The fourth-order valence-corrected chi connectivity index (χ4v) is 3.91. The van der Waals surface area contributed by atoms with Crippen LogP contribution >= 0.6 is 0 Å². The van der Waals surface area contributed by atoms with Crippen molar-refractivity contribution in [3.63, 3.8) is 0 Å². The molecule has 0 saturated carbocycles. The van der Waals surface area contributed by atoms with Crippen molar-refractivity contribution < 1.29 is 4.79 Å². The Hall–Kier alpha value is -3.07. The fourth-order valence-electron chi connectivity index (χ4n) is 3.91. The molecule has 1 unspecified atom stereocenters. The largest absolute Gasteiger partial charge is 0.398 e. The summed E-state index contributed by atoms with van der Waals surface area (Å²) in [7, 11) is 0. The fraction of sp³-hybridized carbons (Fsp3) is 0.240. The van der Waals surface area contributed by atoms with Crippen LogP contribution in [0.15, 0.2) is 78.4 Å². The molecule has 1 atom stereocenters. The number of rotatable bonds is 5. The Kier molecular flexibility index (Phi) is 5.43. The van der Waals surface area contributed by atoms with E-state index < -0.39 is 0 Å². The maximum absolute atomic E-state index is 12.8. The first kappa shape index (κ1) is 18.3. The first-order chi connectivity index (χ1) is 13.7. The summed E-state index contributed by atoms with van der Waals surface area (Å²) in [5.41, 5.74) is 10.1. The van der Waals surface area contributed by atoms with E-state index in [1.807, 2.05) is 36.4 Å². The average Bonchev–Trinajstić information content (AvgIpc) is 2.73. The van der Waals surface area contributed by atoms with Crippen LogP contribution in [0.4, 0.5) is 5.69 Å². The summed E-state index contributed by atoms with van der Waals surface area (Å²) in [5, 5.41) is 5.26. The Morgan fingerprint density at radius 1 is 0.964 bits per heavy atom. The molecule has 0 spiro atoms. The number of carbonyl (C=O) groups is 1. The highest BCUT2D eigenvalue weighted by atomic mass is 16.1. The minimum absolute atomic E-state index is 0.0746. The molecule has 3 nitrogen and oxygen atoms in total. The molecule has 28 heavy (non-hydrogen) atoms. The number of allylic oxidation sites excluding steroid dienone is 1. The van der Waals surface area contributed by atoms with Crippen molar-refractivity contribution in [1.82, 2.24) is 5.32 Å². The Balaban J connectivity index is 1.36. The van der Waals surface area contributed by atoms with Crippen molar-refractivity contribution in [2.45, 2.75) is 38.1 Å². The second kappa shape index (κ2) is 8.30. The van der Waals surface area contributed by atoms with Crippen LogP contribution < -0.4 is 11.1 Å². The van der Waals surface area contributed by atoms with Gasteiger partial charge in [-0.3, -0.25) is 4.79 Å². The van der Waals surface area contributed by atoms with Gasteiger partial charge in [-0.1, -0.05) is 66.2 Å². The number of nitrogens with one attached hydrogen (secondary N) is 1. The Bertz CT molecular complexity index is 1010. The second-order valence-electron chi connectivity index (χ2n) is 7.58. The zero-order valence-corrected chi connectivity index (χ0v) is 16.0. The van der Waals surface area contributed by atoms with Crippen LogP contribution in [0.2, 0.25) is 0 Å². The maximum Gasteiger partial charge on any atom is 0.253 e. The molecule has 1 amide bonds. The molecule has 142 valence electrons. The van der Waals surface area contributed by atoms with Crippen molar-refractivity contribution >= 4 is 22.4 Å². The molecule has 0 heterocycles. The monoisotopic (exact) mass is 370 g/mol. The van der Waals surface area contributed by atoms with Crippen LogP contribution in [0, 0.1) is 0 Å². The molecule has 0 aliphatic heterocycles. The molecular formula is C25H26N2O. The Morgan fingerprint density at radius 2 is 1.68 bits per heavy atom. The predicted molar refractivity (Wildman–Crippen MR) is 116 cm³/mol. The van der Waals surface area contributed by atoms with Gasteiger partial charge < -0.3 is 11.1 Å². The van der Waals surface area contributed by atoms with Gasteiger partial charge in [0.05, 0.1) is 5.56 Å². The summed E-state index contributed by atoms with van der Waals surface area (Å²) in [5.74, 6) is -0.0746. The van der Waals surface area contributed by atoms with E-state index in [0.717, 1.165) is 42.9 Å². The summed E-state index contributed by atoms with van der Waals surface area (Å²) in [4.78, 5) is 12.8. The lowest BCUT2D eigenvalue weighted by atomic mass is 9.91. The molecule has 3 aromatic rings. The third-order valence-electron chi connectivity index (χ3n) is 5.58. The van der Waals surface area contributed by atoms with Gasteiger partial charge in [0, 0.05) is 11.7 Å². The quantitative estimate of drug-likeness (QED) is 0.475. The summed E-state index contributed by atoms with van der Waals surface area (Å²) in [6.45, 7) is 0. The van der Waals surface area contributed by atoms with E-state index in [4.69, 9.17) is 5.73 Å². The van der Waals surface area contributed by atoms with E-state index >= 15 is 0 Å². The van der Waals surface area contributed by atoms with E-state index in [1.165, 1.54) is 11.1 Å². The maximum atomic E-state index is 12.8. The van der Waals surface area contributed by atoms with E-state index in [9.17, 15) is 4.79 Å². The van der Waals surface area contributed by atoms with Gasteiger partial charge in [0.1, 0.15) is 0 Å². The van der Waals surface area contributed by atoms with Crippen molar-refractivity contribution in [1.29, 1.82) is 0 Å². The number of fused-ring (bicyclic) bond motifs is 1. The third-order valence-corrected chi connectivity index (χ3v) is 5.58. The number of nitrogens with two attached hydrogens (primary N) is 1. The zero-order valence-electron chi connectivity index (χ0n) is 16.0. The number of carbonyl (C=O) groups excluding carboxylic acids is 1. The highest BCUT2D eigenvalue weighted by Crippen LogP contribution is 2.25. The van der Waals surface area contributed by atoms with Crippen molar-refractivity contribution in [2.75, 3.05) is 5.73 Å². The number of anilines is 1. The van der Waals surface area contributed by atoms with Gasteiger partial charge in [0.2, 0.25) is 0 Å². The minimum atomic E-state index is -0.0746. The summed E-state index contributed by atoms with van der Waals surface area (Å²) in [6, 6.07) is 22.5. The van der Waals surface area contributed by atoms with Crippen molar-refractivity contribution in [3.8, 4) is 0 Å². The highest BCUT2D eigenvalue weighted by molar-refractivity contribution is 6.04. The average molecular weight is 370 g/mol. The summed E-state index contributed by atoms with van der Waals surface area (Å²) in [6.07, 6.45) is 7.41. The molecule has 4 rings (SSSR count). The van der Waals surface area contributed by atoms with Gasteiger partial charge in [0.25, 0.3) is 5.91 Å². The number of benzene rings is 3. The molecular weight excluding hydrogens is 344 g/mol. The lowest BCUT2D eigenvalue weighted by Gasteiger charge is -2.23. The molecule has 0 radical (unpaired) electrons. The molecule has 3 aromatic carbocycles. The number of amides is 1. The molecule has 1 aliphatic carbocycles. The first-order valence-corrected chi connectivity index (χ1v) is 10.00. The van der Waals surface area contributed by atoms with Crippen LogP contribution in [-0.4, -0.2) is 11.9 Å². The SMILES string of the molecule is Nc1cc2ccccc2cc1C(=O)NC1CC=C(CCc2ccccc2)CC1. The minimum Gasteiger partial charge on any atom is -0.398 e. The standard InChI is InChI=1S/C25H26N2O/c26-24-17-21-9-5-4-8-20(21)16-23(24)25(28)27-22-14-12-19(13-15-22)11-10-18-6-2-1-3-7-18/h1-9,12,16-17,22H,10-11,13-15,26H2,(H,27,28). The van der Waals surface area contributed by atoms with E-state index in [2.05, 4.69) is 41.7 Å². The third kappa shape index (κ3) is 4.25. The molecule has 0 saturated heterocycles. The van der Waals surface area contributed by atoms with Gasteiger partial charge >= 0.3 is 0 Å². The Labute approximate surface area is 166 Å². The number of hydrogen-bond donors (Lipinski definition) is 2. The van der Waals surface area contributed by atoms with Crippen LogP contribution in [0.5, 0.6) is 0 Å². The number of aryl methyl sites for hydroxylation is 1. The van der Waals surface area contributed by atoms with Crippen molar-refractivity contribution in [3.05, 3.63) is 89.5 Å². The number of nitrogen functional groups attached to an aromatic ring is 1. The second-order valence-corrected chi connectivity index (χ2v) is 7.58. The van der Waals surface area contributed by atoms with Crippen LogP contribution in [0.1, 0.15) is 41.6 Å². The highest BCUT2D eigenvalue weighted by Gasteiger charge is 2.19. The molecule has 1 aliphatic rings. The topological polar surface area (TPSA) is 55.1 Å². The lowest BCUT2D eigenvalue weighted by Crippen LogP contribution is -2.36. The Morgan fingerprint density at radius 3 is 2.39 bits per heavy atom. The lowest BCUT2D eigenvalue weighted by molar-refractivity contribution is 0.0935. The molecule has 3 heteroatoms. The molecule has 0 aromatic heterocycles. The van der Waals surface area contributed by atoms with E-state index in [-0.39, 0.29) is 11.9 Å². The van der Waals surface area contributed by atoms with Crippen LogP contribution in [-0.2, 0) is 6.42 Å². The number of hydrogen-bond acceptors (Lipinski definition) is 2. The molecule has 3 N–H and O–H groups in total. The van der Waals surface area contributed by atoms with Crippen LogP contribution in [0.25, 0.3) is 10.8 Å². The van der Waals surface area contributed by atoms with Gasteiger partial charge in [-0.2, -0.15) is 0 Å². The van der Waals surface area contributed by atoms with Gasteiger partial charge in [0.15, 0.2) is 0 Å². The van der Waals surface area contributed by atoms with E-state index in [0.29, 0.717) is 11.3 Å². The van der Waals surface area contributed by atoms with E-state index in [1.54, 1.807) is 0 Å². The van der Waals surface area contributed by atoms with Gasteiger partial charge in [-0.15, -0.1) is 0 Å². The predicted octanol–water partition coefficient (Wildman–Crippen LogP) is 5.26. The molecule has 0 fully saturated rings. The zero-order chi connectivity index (χ0) is 19.3. The normalized spacial score (nSPS) is 16.6. The molecule has 0 bridgehead atoms. The van der Waals surface area contributed by atoms with Gasteiger partial charge in [-0.05, 0) is 60.6 Å². The van der Waals surface area contributed by atoms with Crippen LogP contribution in [0.3, 0.4) is 0 Å². The first-order valence-electron chi connectivity index (χ1n) is 10.00. The van der Waals surface area contributed by atoms with Crippen molar-refractivity contribution in [2.24, 2.45) is 0 Å². The smallest absolute Gasteiger partial charge is 0.253 e. The summed E-state index contributed by atoms with van der Waals surface area (Å²) >= 11 is 0. The summed E-state index contributed by atoms with van der Waals surface area (Å²) < 4.78 is 0. The van der Waals surface area contributed by atoms with Gasteiger partial charge in [-0.25, -0.2) is 0 Å².